The highest BCUT2D eigenvalue weighted by atomic mass is 127. The predicted octanol–water partition coefficient (Wildman–Crippen LogP) is 3.73. The van der Waals surface area contributed by atoms with Crippen LogP contribution in [0.2, 0.25) is 0 Å². The Balaban J connectivity index is 1.99. The van der Waals surface area contributed by atoms with Gasteiger partial charge >= 0.3 is 6.61 Å². The van der Waals surface area contributed by atoms with Crippen molar-refractivity contribution in [1.29, 1.82) is 0 Å². The average Bonchev–Trinajstić information content (AvgIpc) is 2.78. The van der Waals surface area contributed by atoms with E-state index in [0.29, 0.717) is 6.54 Å². The van der Waals surface area contributed by atoms with Gasteiger partial charge in [-0.2, -0.15) is 13.9 Å². The van der Waals surface area contributed by atoms with Gasteiger partial charge in [0.1, 0.15) is 5.75 Å². The monoisotopic (exact) mass is 435 g/mol. The number of halogens is 3. The molecule has 23 heavy (non-hydrogen) atoms. The summed E-state index contributed by atoms with van der Waals surface area (Å²) in [5, 5.41) is 6.86. The fourth-order valence-corrected chi connectivity index (χ4v) is 2.39. The molecule has 1 aromatic carbocycles. The van der Waals surface area contributed by atoms with Crippen molar-refractivity contribution in [2.24, 2.45) is 0 Å². The van der Waals surface area contributed by atoms with E-state index in [-0.39, 0.29) is 23.8 Å². The van der Waals surface area contributed by atoms with Crippen LogP contribution in [0.3, 0.4) is 0 Å². The zero-order chi connectivity index (χ0) is 17.0. The van der Waals surface area contributed by atoms with Crippen LogP contribution in [0.25, 0.3) is 0 Å². The number of amides is 1. The molecule has 0 unspecified atom stereocenters. The number of ether oxygens (including phenoxy) is 1. The van der Waals surface area contributed by atoms with E-state index in [1.165, 1.54) is 6.07 Å². The summed E-state index contributed by atoms with van der Waals surface area (Å²) in [7, 11) is 0. The molecule has 0 aliphatic heterocycles. The van der Waals surface area contributed by atoms with Gasteiger partial charge in [-0.05, 0) is 54.1 Å². The maximum absolute atomic E-state index is 12.4. The van der Waals surface area contributed by atoms with Crippen LogP contribution in [0.4, 0.5) is 14.5 Å². The summed E-state index contributed by atoms with van der Waals surface area (Å²) in [6, 6.07) is 4.72. The number of hydrogen-bond donors (Lipinski definition) is 1. The molecule has 0 saturated heterocycles. The minimum absolute atomic E-state index is 0.0437. The first kappa shape index (κ1) is 17.6. The number of nitrogens with zero attached hydrogens (tertiary/aromatic N) is 2. The van der Waals surface area contributed by atoms with Crippen molar-refractivity contribution in [2.45, 2.75) is 33.4 Å². The smallest absolute Gasteiger partial charge is 0.387 e. The van der Waals surface area contributed by atoms with Crippen LogP contribution in [0.15, 0.2) is 24.4 Å². The van der Waals surface area contributed by atoms with Crippen LogP contribution >= 0.6 is 22.6 Å². The normalized spacial score (nSPS) is 10.9. The van der Waals surface area contributed by atoms with Gasteiger partial charge in [-0.3, -0.25) is 9.48 Å². The number of benzene rings is 1. The number of aryl methyl sites for hydroxylation is 3. The molecule has 0 aliphatic carbocycles. The summed E-state index contributed by atoms with van der Waals surface area (Å²) in [6.07, 6.45) is 2.03. The van der Waals surface area contributed by atoms with Crippen molar-refractivity contribution < 1.29 is 18.3 Å². The molecule has 0 atom stereocenters. The molecule has 0 saturated carbocycles. The van der Waals surface area contributed by atoms with Crippen molar-refractivity contribution in [3.05, 3.63) is 39.2 Å². The third-order valence-electron chi connectivity index (χ3n) is 3.08. The number of carbonyl (C=O) groups is 1. The van der Waals surface area contributed by atoms with Crippen molar-refractivity contribution in [2.75, 3.05) is 5.32 Å². The summed E-state index contributed by atoms with van der Waals surface area (Å²) in [6.45, 7) is 1.11. The first-order valence-corrected chi connectivity index (χ1v) is 7.98. The van der Waals surface area contributed by atoms with Gasteiger partial charge < -0.3 is 10.1 Å². The van der Waals surface area contributed by atoms with E-state index in [4.69, 9.17) is 0 Å². The SMILES string of the molecule is Cc1ccc(NC(=O)CCn2cc(I)c(C)n2)c(OC(F)F)c1. The zero-order valence-corrected chi connectivity index (χ0v) is 14.8. The van der Waals surface area contributed by atoms with E-state index >= 15 is 0 Å². The lowest BCUT2D eigenvalue weighted by Crippen LogP contribution is -2.16. The molecule has 1 amide bonds. The summed E-state index contributed by atoms with van der Waals surface area (Å²) in [5.41, 5.74) is 1.89. The molecule has 2 aromatic rings. The summed E-state index contributed by atoms with van der Waals surface area (Å²) in [5.74, 6) is -0.339. The molecule has 2 rings (SSSR count). The summed E-state index contributed by atoms with van der Waals surface area (Å²) in [4.78, 5) is 12.0. The van der Waals surface area contributed by atoms with E-state index in [0.717, 1.165) is 14.8 Å². The number of anilines is 1. The highest BCUT2D eigenvalue weighted by molar-refractivity contribution is 14.1. The van der Waals surface area contributed by atoms with Crippen molar-refractivity contribution >= 4 is 34.2 Å². The number of rotatable bonds is 6. The third kappa shape index (κ3) is 5.15. The van der Waals surface area contributed by atoms with Gasteiger partial charge in [-0.25, -0.2) is 0 Å². The first-order valence-electron chi connectivity index (χ1n) is 6.90. The van der Waals surface area contributed by atoms with Crippen molar-refractivity contribution in [3.8, 4) is 5.75 Å². The second kappa shape index (κ2) is 7.71. The van der Waals surface area contributed by atoms with Crippen molar-refractivity contribution in [1.82, 2.24) is 9.78 Å². The van der Waals surface area contributed by atoms with Gasteiger partial charge in [0.05, 0.1) is 15.0 Å². The van der Waals surface area contributed by atoms with Gasteiger partial charge in [0.15, 0.2) is 0 Å². The summed E-state index contributed by atoms with van der Waals surface area (Å²) >= 11 is 2.17. The Morgan fingerprint density at radius 2 is 2.17 bits per heavy atom. The fraction of sp³-hybridized carbons (Fsp3) is 0.333. The molecule has 1 aromatic heterocycles. The van der Waals surface area contributed by atoms with Crippen LogP contribution in [-0.4, -0.2) is 22.3 Å². The standard InChI is InChI=1S/C15H16F2IN3O2/c1-9-3-4-12(13(7-9)23-15(16)17)19-14(22)5-6-21-8-11(18)10(2)20-21/h3-4,7-8,15H,5-6H2,1-2H3,(H,19,22). The van der Waals surface area contributed by atoms with E-state index in [1.807, 2.05) is 13.1 Å². The van der Waals surface area contributed by atoms with Gasteiger partial charge in [0.2, 0.25) is 5.91 Å². The minimum atomic E-state index is -2.94. The molecule has 8 heteroatoms. The van der Waals surface area contributed by atoms with E-state index < -0.39 is 6.61 Å². The molecule has 124 valence electrons. The van der Waals surface area contributed by atoms with Crippen molar-refractivity contribution in [3.63, 3.8) is 0 Å². The number of nitrogens with one attached hydrogen (secondary N) is 1. The second-order valence-electron chi connectivity index (χ2n) is 5.00. The quantitative estimate of drug-likeness (QED) is 0.704. The molecule has 0 fully saturated rings. The van der Waals surface area contributed by atoms with E-state index in [9.17, 15) is 13.6 Å². The highest BCUT2D eigenvalue weighted by Crippen LogP contribution is 2.27. The molecular weight excluding hydrogens is 419 g/mol. The number of aromatic nitrogens is 2. The molecule has 0 radical (unpaired) electrons. The second-order valence-corrected chi connectivity index (χ2v) is 6.16. The highest BCUT2D eigenvalue weighted by Gasteiger charge is 2.13. The summed E-state index contributed by atoms with van der Waals surface area (Å²) < 4.78 is 32.0. The van der Waals surface area contributed by atoms with Gasteiger partial charge in [-0.1, -0.05) is 6.07 Å². The lowest BCUT2D eigenvalue weighted by Gasteiger charge is -2.12. The van der Waals surface area contributed by atoms with E-state index in [2.05, 4.69) is 37.7 Å². The number of alkyl halides is 2. The minimum Gasteiger partial charge on any atom is -0.433 e. The van der Waals surface area contributed by atoms with E-state index in [1.54, 1.807) is 23.7 Å². The maximum Gasteiger partial charge on any atom is 0.387 e. The Labute approximate surface area is 146 Å². The molecule has 0 bridgehead atoms. The maximum atomic E-state index is 12.4. The van der Waals surface area contributed by atoms with Crippen LogP contribution in [0.1, 0.15) is 17.7 Å². The molecule has 1 heterocycles. The Bertz CT molecular complexity index is 685. The third-order valence-corrected chi connectivity index (χ3v) is 4.14. The largest absolute Gasteiger partial charge is 0.433 e. The number of hydrogen-bond acceptors (Lipinski definition) is 3. The van der Waals surface area contributed by atoms with Crippen LogP contribution in [0.5, 0.6) is 5.75 Å². The Kier molecular flexibility index (Phi) is 5.91. The lowest BCUT2D eigenvalue weighted by molar-refractivity contribution is -0.116. The van der Waals surface area contributed by atoms with Gasteiger partial charge in [0.25, 0.3) is 0 Å². The lowest BCUT2D eigenvalue weighted by atomic mass is 10.2. The molecule has 5 nitrogen and oxygen atoms in total. The Morgan fingerprint density at radius 3 is 2.78 bits per heavy atom. The molecule has 0 spiro atoms. The van der Waals surface area contributed by atoms with Crippen LogP contribution in [0, 0.1) is 17.4 Å². The first-order chi connectivity index (χ1) is 10.8. The topological polar surface area (TPSA) is 56.2 Å². The molecular formula is C15H16F2IN3O2. The molecule has 1 N–H and O–H groups in total. The predicted molar refractivity (Wildman–Crippen MR) is 90.7 cm³/mol. The van der Waals surface area contributed by atoms with Gasteiger partial charge in [0, 0.05) is 19.2 Å². The Hall–Kier alpha value is -1.71. The zero-order valence-electron chi connectivity index (χ0n) is 12.6. The number of carbonyl (C=O) groups excluding carboxylic acids is 1. The van der Waals surface area contributed by atoms with Crippen LogP contribution < -0.4 is 10.1 Å². The average molecular weight is 435 g/mol. The Morgan fingerprint density at radius 1 is 1.43 bits per heavy atom. The van der Waals surface area contributed by atoms with Crippen LogP contribution in [-0.2, 0) is 11.3 Å². The molecule has 0 aliphatic rings. The fourth-order valence-electron chi connectivity index (χ4n) is 1.96. The van der Waals surface area contributed by atoms with Gasteiger partial charge in [-0.15, -0.1) is 0 Å².